The molecule has 130 valence electrons. The molecule has 2 saturated heterocycles. The summed E-state index contributed by atoms with van der Waals surface area (Å²) in [5, 5.41) is 3.02. The van der Waals surface area contributed by atoms with Gasteiger partial charge in [0.25, 0.3) is 0 Å². The Kier molecular flexibility index (Phi) is 4.57. The van der Waals surface area contributed by atoms with E-state index in [1.807, 2.05) is 18.2 Å². The average molecular weight is 330 g/mol. The van der Waals surface area contributed by atoms with Crippen LogP contribution in [0.3, 0.4) is 0 Å². The minimum atomic E-state index is -0.297. The first-order chi connectivity index (χ1) is 11.8. The number of carbonyl (C=O) groups excluding carboxylic acids is 1. The second-order valence-electron chi connectivity index (χ2n) is 7.15. The van der Waals surface area contributed by atoms with Gasteiger partial charge in [0.2, 0.25) is 5.91 Å². The molecule has 1 aliphatic carbocycles. The van der Waals surface area contributed by atoms with Crippen LogP contribution in [0, 0.1) is 5.92 Å². The maximum absolute atomic E-state index is 12.5. The van der Waals surface area contributed by atoms with Crippen LogP contribution in [0.4, 0.5) is 0 Å². The van der Waals surface area contributed by atoms with Gasteiger partial charge in [0.15, 0.2) is 5.79 Å². The molecule has 1 aromatic carbocycles. The first kappa shape index (κ1) is 16.1. The molecule has 5 nitrogen and oxygen atoms in total. The van der Waals surface area contributed by atoms with Crippen molar-refractivity contribution < 1.29 is 14.3 Å². The first-order valence-electron chi connectivity index (χ1n) is 9.10. The molecule has 4 rings (SSSR count). The molecule has 3 aliphatic rings. The number of piperazine rings is 1. The maximum atomic E-state index is 12.5. The lowest BCUT2D eigenvalue weighted by Crippen LogP contribution is -2.51. The van der Waals surface area contributed by atoms with Crippen molar-refractivity contribution >= 4 is 5.91 Å². The zero-order chi connectivity index (χ0) is 16.4. The minimum Gasteiger partial charge on any atom is -0.353 e. The third-order valence-electron chi connectivity index (χ3n) is 5.60. The van der Waals surface area contributed by atoms with Crippen LogP contribution in [-0.2, 0) is 14.3 Å². The molecule has 0 unspecified atom stereocenters. The lowest BCUT2D eigenvalue weighted by molar-refractivity contribution is -0.183. The summed E-state index contributed by atoms with van der Waals surface area (Å²) in [6, 6.07) is 9.96. The van der Waals surface area contributed by atoms with Crippen molar-refractivity contribution in [1.29, 1.82) is 0 Å². The lowest BCUT2D eigenvalue weighted by atomic mass is 9.84. The highest BCUT2D eigenvalue weighted by atomic mass is 16.7. The first-order valence-corrected chi connectivity index (χ1v) is 9.10. The van der Waals surface area contributed by atoms with Gasteiger partial charge in [-0.15, -0.1) is 0 Å². The molecule has 0 aromatic heterocycles. The highest BCUT2D eigenvalue weighted by Gasteiger charge is 2.41. The monoisotopic (exact) mass is 330 g/mol. The summed E-state index contributed by atoms with van der Waals surface area (Å²) >= 11 is 0. The number of carbonyl (C=O) groups is 1. The number of hydrogen-bond donors (Lipinski definition) is 1. The summed E-state index contributed by atoms with van der Waals surface area (Å²) in [5.74, 6) is 0.442. The molecular formula is C19H26N2O3. The predicted molar refractivity (Wildman–Crippen MR) is 90.4 cm³/mol. The highest BCUT2D eigenvalue weighted by Crippen LogP contribution is 2.39. The van der Waals surface area contributed by atoms with E-state index in [2.05, 4.69) is 22.3 Å². The molecule has 1 N–H and O–H groups in total. The maximum Gasteiger partial charge on any atom is 0.242 e. The van der Waals surface area contributed by atoms with Crippen LogP contribution >= 0.6 is 0 Å². The van der Waals surface area contributed by atoms with Gasteiger partial charge in [-0.1, -0.05) is 30.3 Å². The lowest BCUT2D eigenvalue weighted by Gasteiger charge is -2.41. The smallest absolute Gasteiger partial charge is 0.242 e. The van der Waals surface area contributed by atoms with Crippen LogP contribution in [0.25, 0.3) is 0 Å². The fraction of sp³-hybridized carbons (Fsp3) is 0.632. The average Bonchev–Trinajstić information content (AvgIpc) is 3.06. The molecule has 1 amide bonds. The van der Waals surface area contributed by atoms with Crippen molar-refractivity contribution in [1.82, 2.24) is 10.2 Å². The molecule has 1 spiro atoms. The molecule has 2 heterocycles. The van der Waals surface area contributed by atoms with Crippen molar-refractivity contribution in [3.8, 4) is 0 Å². The molecule has 1 aromatic rings. The van der Waals surface area contributed by atoms with Gasteiger partial charge in [-0.05, 0) is 24.3 Å². The van der Waals surface area contributed by atoms with Crippen molar-refractivity contribution in [2.24, 2.45) is 5.92 Å². The molecule has 0 radical (unpaired) electrons. The van der Waals surface area contributed by atoms with Crippen LogP contribution in [0.15, 0.2) is 30.3 Å². The third-order valence-corrected chi connectivity index (χ3v) is 5.60. The number of nitrogens with zero attached hydrogens (tertiary/aromatic N) is 1. The van der Waals surface area contributed by atoms with E-state index in [9.17, 15) is 4.79 Å². The fourth-order valence-corrected chi connectivity index (χ4v) is 4.33. The summed E-state index contributed by atoms with van der Waals surface area (Å²) in [5.41, 5.74) is 1.09. The number of rotatable bonds is 3. The van der Waals surface area contributed by atoms with Gasteiger partial charge in [0.1, 0.15) is 6.04 Å². The van der Waals surface area contributed by atoms with Crippen LogP contribution in [0.1, 0.15) is 37.3 Å². The standard InChI is InChI=1S/C19H26N2O3/c22-18-17(16-4-2-1-3-5-16)21(11-10-20-18)14-15-6-8-19(9-7-15)23-12-13-24-19/h1-5,15,17H,6-14H2,(H,20,22)/t17-/m1/s1. The van der Waals surface area contributed by atoms with Gasteiger partial charge in [0, 0.05) is 32.5 Å². The summed E-state index contributed by atoms with van der Waals surface area (Å²) in [7, 11) is 0. The van der Waals surface area contributed by atoms with E-state index in [0.29, 0.717) is 5.92 Å². The molecule has 5 heteroatoms. The van der Waals surface area contributed by atoms with Gasteiger partial charge in [0.05, 0.1) is 13.2 Å². The molecule has 0 bridgehead atoms. The Bertz CT molecular complexity index is 561. The summed E-state index contributed by atoms with van der Waals surface area (Å²) in [4.78, 5) is 14.8. The van der Waals surface area contributed by atoms with Gasteiger partial charge >= 0.3 is 0 Å². The van der Waals surface area contributed by atoms with E-state index in [1.165, 1.54) is 0 Å². The Labute approximate surface area is 143 Å². The zero-order valence-electron chi connectivity index (χ0n) is 14.1. The minimum absolute atomic E-state index is 0.127. The second kappa shape index (κ2) is 6.82. The Morgan fingerprint density at radius 2 is 1.83 bits per heavy atom. The number of benzene rings is 1. The van der Waals surface area contributed by atoms with E-state index in [-0.39, 0.29) is 17.7 Å². The largest absolute Gasteiger partial charge is 0.353 e. The quantitative estimate of drug-likeness (QED) is 0.922. The number of hydrogen-bond acceptors (Lipinski definition) is 4. The molecule has 1 saturated carbocycles. The molecular weight excluding hydrogens is 304 g/mol. The van der Waals surface area contributed by atoms with E-state index < -0.39 is 0 Å². The Hall–Kier alpha value is -1.43. The van der Waals surface area contributed by atoms with Gasteiger partial charge in [-0.25, -0.2) is 0 Å². The summed E-state index contributed by atoms with van der Waals surface area (Å²) < 4.78 is 11.7. The number of amides is 1. The summed E-state index contributed by atoms with van der Waals surface area (Å²) in [6.07, 6.45) is 4.18. The van der Waals surface area contributed by atoms with Gasteiger partial charge in [-0.3, -0.25) is 9.69 Å². The van der Waals surface area contributed by atoms with Crippen molar-refractivity contribution in [3.63, 3.8) is 0 Å². The van der Waals surface area contributed by atoms with Crippen LogP contribution in [-0.4, -0.2) is 49.4 Å². The van der Waals surface area contributed by atoms with Crippen LogP contribution in [0.2, 0.25) is 0 Å². The SMILES string of the molecule is O=C1NCCN(CC2CCC3(CC2)OCCO3)[C@@H]1c1ccccc1. The molecule has 1 atom stereocenters. The van der Waals surface area contributed by atoms with Crippen molar-refractivity contribution in [3.05, 3.63) is 35.9 Å². The number of ether oxygens (including phenoxy) is 2. The van der Waals surface area contributed by atoms with Gasteiger partial charge in [-0.2, -0.15) is 0 Å². The van der Waals surface area contributed by atoms with E-state index in [0.717, 1.165) is 64.1 Å². The Morgan fingerprint density at radius 1 is 1.12 bits per heavy atom. The van der Waals surface area contributed by atoms with Crippen LogP contribution in [0.5, 0.6) is 0 Å². The molecule has 2 aliphatic heterocycles. The molecule has 3 fully saturated rings. The van der Waals surface area contributed by atoms with Crippen LogP contribution < -0.4 is 5.32 Å². The second-order valence-corrected chi connectivity index (χ2v) is 7.15. The van der Waals surface area contributed by atoms with E-state index in [1.54, 1.807) is 0 Å². The third kappa shape index (κ3) is 3.21. The van der Waals surface area contributed by atoms with Crippen molar-refractivity contribution in [2.45, 2.75) is 37.5 Å². The fourth-order valence-electron chi connectivity index (χ4n) is 4.33. The molecule has 24 heavy (non-hydrogen) atoms. The summed E-state index contributed by atoms with van der Waals surface area (Å²) in [6.45, 7) is 4.09. The van der Waals surface area contributed by atoms with E-state index >= 15 is 0 Å². The normalized spacial score (nSPS) is 28.2. The van der Waals surface area contributed by atoms with Gasteiger partial charge < -0.3 is 14.8 Å². The number of nitrogens with one attached hydrogen (secondary N) is 1. The Morgan fingerprint density at radius 3 is 2.54 bits per heavy atom. The highest BCUT2D eigenvalue weighted by molar-refractivity contribution is 5.83. The Balaban J connectivity index is 1.42. The predicted octanol–water partition coefficient (Wildman–Crippen LogP) is 2.09. The topological polar surface area (TPSA) is 50.8 Å². The van der Waals surface area contributed by atoms with E-state index in [4.69, 9.17) is 9.47 Å². The van der Waals surface area contributed by atoms with Crippen molar-refractivity contribution in [2.75, 3.05) is 32.8 Å². The zero-order valence-corrected chi connectivity index (χ0v) is 14.1.